The Hall–Kier alpha value is -1.82. The van der Waals surface area contributed by atoms with Crippen LogP contribution in [0.25, 0.3) is 5.76 Å². The lowest BCUT2D eigenvalue weighted by atomic mass is 10.1. The molecule has 3 rings (SSSR count). The third-order valence-corrected chi connectivity index (χ3v) is 4.51. The molecule has 1 aromatic rings. The molecule has 1 aromatic carbocycles. The van der Waals surface area contributed by atoms with Gasteiger partial charge in [-0.05, 0) is 25.0 Å². The van der Waals surface area contributed by atoms with Gasteiger partial charge in [-0.2, -0.15) is 0 Å². The predicted octanol–water partition coefficient (Wildman–Crippen LogP) is 1.18. The van der Waals surface area contributed by atoms with Gasteiger partial charge in [0.1, 0.15) is 5.70 Å². The molecule has 0 atom stereocenters. The van der Waals surface area contributed by atoms with Crippen molar-refractivity contribution in [3.63, 3.8) is 0 Å². The van der Waals surface area contributed by atoms with E-state index in [0.717, 1.165) is 12.8 Å². The summed E-state index contributed by atoms with van der Waals surface area (Å²) < 4.78 is 26.1. The van der Waals surface area contributed by atoms with Crippen molar-refractivity contribution in [2.45, 2.75) is 17.7 Å². The lowest BCUT2D eigenvalue weighted by molar-refractivity contribution is -0.116. The van der Waals surface area contributed by atoms with Gasteiger partial charge in [0.2, 0.25) is 0 Å². The normalized spacial score (nSPS) is 21.1. The van der Waals surface area contributed by atoms with Crippen LogP contribution >= 0.6 is 0 Å². The number of carbonyl (C=O) groups is 1. The van der Waals surface area contributed by atoms with Crippen LogP contribution in [0.5, 0.6) is 0 Å². The second-order valence-corrected chi connectivity index (χ2v) is 6.11. The number of allylic oxidation sites excluding steroid dienone is 1. The van der Waals surface area contributed by atoms with Crippen LogP contribution in [0.3, 0.4) is 0 Å². The SMILES string of the molecule is O=C(C1=C(O)c2ccccc2S(=O)(=O)N1)C1CC1. The summed E-state index contributed by atoms with van der Waals surface area (Å²) in [5.74, 6) is -0.766. The fourth-order valence-electron chi connectivity index (χ4n) is 1.99. The Bertz CT molecular complexity index is 671. The monoisotopic (exact) mass is 265 g/mol. The molecule has 94 valence electrons. The van der Waals surface area contributed by atoms with Gasteiger partial charge >= 0.3 is 0 Å². The maximum Gasteiger partial charge on any atom is 0.262 e. The number of nitrogens with one attached hydrogen (secondary N) is 1. The highest BCUT2D eigenvalue weighted by atomic mass is 32.2. The smallest absolute Gasteiger partial charge is 0.262 e. The van der Waals surface area contributed by atoms with Crippen molar-refractivity contribution in [3.05, 3.63) is 35.5 Å². The van der Waals surface area contributed by atoms with Gasteiger partial charge in [-0.3, -0.25) is 9.52 Å². The topological polar surface area (TPSA) is 83.5 Å². The average Bonchev–Trinajstić information content (AvgIpc) is 3.17. The first-order valence-corrected chi connectivity index (χ1v) is 7.08. The van der Waals surface area contributed by atoms with Crippen molar-refractivity contribution in [1.82, 2.24) is 4.72 Å². The number of ketones is 1. The molecule has 5 nitrogen and oxygen atoms in total. The largest absolute Gasteiger partial charge is 0.505 e. The summed E-state index contributed by atoms with van der Waals surface area (Å²) >= 11 is 0. The molecule has 1 aliphatic heterocycles. The Morgan fingerprint density at radius 1 is 1.28 bits per heavy atom. The summed E-state index contributed by atoms with van der Waals surface area (Å²) in [6, 6.07) is 6.07. The molecule has 2 aliphatic rings. The number of aliphatic hydroxyl groups is 1. The highest BCUT2D eigenvalue weighted by Gasteiger charge is 2.38. The predicted molar refractivity (Wildman–Crippen MR) is 64.0 cm³/mol. The van der Waals surface area contributed by atoms with Crippen LogP contribution < -0.4 is 4.72 Å². The molecule has 0 unspecified atom stereocenters. The molecule has 1 heterocycles. The van der Waals surface area contributed by atoms with Crippen molar-refractivity contribution < 1.29 is 18.3 Å². The summed E-state index contributed by atoms with van der Waals surface area (Å²) in [7, 11) is -3.76. The van der Waals surface area contributed by atoms with E-state index in [1.54, 1.807) is 12.1 Å². The van der Waals surface area contributed by atoms with Crippen LogP contribution in [0.15, 0.2) is 34.9 Å². The zero-order valence-electron chi connectivity index (χ0n) is 9.38. The molecule has 6 heteroatoms. The van der Waals surface area contributed by atoms with Gasteiger partial charge < -0.3 is 5.11 Å². The standard InChI is InChI=1S/C12H11NO4S/c14-11(7-5-6-7)10-12(15)8-3-1-2-4-9(8)18(16,17)13-10/h1-4,7,13,15H,5-6H2. The molecule has 0 aromatic heterocycles. The minimum atomic E-state index is -3.76. The first-order chi connectivity index (χ1) is 8.50. The van der Waals surface area contributed by atoms with E-state index in [1.807, 2.05) is 0 Å². The number of Topliss-reactive ketones (excluding diaryl/α,β-unsaturated/α-hetero) is 1. The van der Waals surface area contributed by atoms with Crippen LogP contribution in [-0.4, -0.2) is 19.3 Å². The quantitative estimate of drug-likeness (QED) is 0.841. The van der Waals surface area contributed by atoms with Crippen LogP contribution in [0, 0.1) is 5.92 Å². The van der Waals surface area contributed by atoms with Crippen molar-refractivity contribution >= 4 is 21.6 Å². The summed E-state index contributed by atoms with van der Waals surface area (Å²) in [4.78, 5) is 11.9. The van der Waals surface area contributed by atoms with Crippen molar-refractivity contribution in [3.8, 4) is 0 Å². The highest BCUT2D eigenvalue weighted by molar-refractivity contribution is 7.89. The lowest BCUT2D eigenvalue weighted by Gasteiger charge is -2.20. The van der Waals surface area contributed by atoms with Crippen molar-refractivity contribution in [1.29, 1.82) is 0 Å². The van der Waals surface area contributed by atoms with E-state index in [-0.39, 0.29) is 33.6 Å². The molecule has 0 spiro atoms. The second kappa shape index (κ2) is 3.58. The maximum atomic E-state index is 12.0. The Kier molecular flexibility index (Phi) is 2.25. The molecule has 18 heavy (non-hydrogen) atoms. The first kappa shape index (κ1) is 11.3. The van der Waals surface area contributed by atoms with Crippen LogP contribution in [0.4, 0.5) is 0 Å². The molecule has 0 radical (unpaired) electrons. The number of hydrogen-bond donors (Lipinski definition) is 2. The molecule has 2 N–H and O–H groups in total. The Balaban J connectivity index is 2.20. The number of sulfonamides is 1. The summed E-state index contributed by atoms with van der Waals surface area (Å²) in [6.45, 7) is 0. The van der Waals surface area contributed by atoms with E-state index in [0.29, 0.717) is 0 Å². The number of aliphatic hydroxyl groups excluding tert-OH is 1. The maximum absolute atomic E-state index is 12.0. The van der Waals surface area contributed by atoms with Gasteiger partial charge in [-0.15, -0.1) is 0 Å². The third-order valence-electron chi connectivity index (χ3n) is 3.10. The van der Waals surface area contributed by atoms with E-state index in [2.05, 4.69) is 4.72 Å². The van der Waals surface area contributed by atoms with E-state index in [9.17, 15) is 18.3 Å². The summed E-state index contributed by atoms with van der Waals surface area (Å²) in [5.41, 5.74) is -0.0172. The van der Waals surface area contributed by atoms with Gasteiger partial charge in [0.15, 0.2) is 11.5 Å². The number of carbonyl (C=O) groups excluding carboxylic acids is 1. The van der Waals surface area contributed by atoms with E-state index in [4.69, 9.17) is 0 Å². The molecule has 1 aliphatic carbocycles. The minimum absolute atomic E-state index is 0.00477. The molecule has 1 fully saturated rings. The van der Waals surface area contributed by atoms with Crippen LogP contribution in [0.2, 0.25) is 0 Å². The zero-order chi connectivity index (χ0) is 12.9. The van der Waals surface area contributed by atoms with Gasteiger partial charge in [0, 0.05) is 11.5 Å². The molecule has 0 bridgehead atoms. The number of fused-ring (bicyclic) bond motifs is 1. The number of rotatable bonds is 2. The Morgan fingerprint density at radius 2 is 1.94 bits per heavy atom. The van der Waals surface area contributed by atoms with E-state index >= 15 is 0 Å². The lowest BCUT2D eigenvalue weighted by Crippen LogP contribution is -2.33. The molecular formula is C12H11NO4S. The average molecular weight is 265 g/mol. The third kappa shape index (κ3) is 1.60. The second-order valence-electron chi connectivity index (χ2n) is 4.46. The van der Waals surface area contributed by atoms with Crippen molar-refractivity contribution in [2.75, 3.05) is 0 Å². The number of benzene rings is 1. The minimum Gasteiger partial charge on any atom is -0.505 e. The fourth-order valence-corrected chi connectivity index (χ4v) is 3.27. The zero-order valence-corrected chi connectivity index (χ0v) is 10.2. The molecule has 0 amide bonds. The van der Waals surface area contributed by atoms with Gasteiger partial charge in [-0.1, -0.05) is 12.1 Å². The summed E-state index contributed by atoms with van der Waals surface area (Å²) in [6.07, 6.45) is 1.50. The Morgan fingerprint density at radius 3 is 2.61 bits per heavy atom. The highest BCUT2D eigenvalue weighted by Crippen LogP contribution is 2.36. The fraction of sp³-hybridized carbons (Fsp3) is 0.250. The summed E-state index contributed by atoms with van der Waals surface area (Å²) in [5, 5.41) is 10.0. The van der Waals surface area contributed by atoms with Crippen LogP contribution in [-0.2, 0) is 14.8 Å². The first-order valence-electron chi connectivity index (χ1n) is 5.60. The molecular weight excluding hydrogens is 254 g/mol. The van der Waals surface area contributed by atoms with Crippen LogP contribution in [0.1, 0.15) is 18.4 Å². The molecule has 1 saturated carbocycles. The Labute approximate surface area is 104 Å². The van der Waals surface area contributed by atoms with E-state index < -0.39 is 10.0 Å². The van der Waals surface area contributed by atoms with E-state index in [1.165, 1.54) is 12.1 Å². The van der Waals surface area contributed by atoms with Crippen molar-refractivity contribution in [2.24, 2.45) is 5.92 Å². The van der Waals surface area contributed by atoms with Gasteiger partial charge in [-0.25, -0.2) is 8.42 Å². The number of hydrogen-bond acceptors (Lipinski definition) is 4. The van der Waals surface area contributed by atoms with Gasteiger partial charge in [0.25, 0.3) is 10.0 Å². The van der Waals surface area contributed by atoms with Gasteiger partial charge in [0.05, 0.1) is 4.90 Å². The molecule has 0 saturated heterocycles.